The summed E-state index contributed by atoms with van der Waals surface area (Å²) in [6, 6.07) is 0. The Morgan fingerprint density at radius 1 is 1.64 bits per heavy atom. The molecule has 1 unspecified atom stereocenters. The van der Waals surface area contributed by atoms with E-state index in [9.17, 15) is 4.79 Å². The van der Waals surface area contributed by atoms with E-state index < -0.39 is 5.97 Å². The first-order chi connectivity index (χ1) is 6.75. The van der Waals surface area contributed by atoms with Crippen molar-refractivity contribution in [3.8, 4) is 0 Å². The second-order valence-corrected chi connectivity index (χ2v) is 3.70. The van der Waals surface area contributed by atoms with Crippen molar-refractivity contribution < 1.29 is 9.90 Å². The van der Waals surface area contributed by atoms with Crippen molar-refractivity contribution in [1.29, 1.82) is 0 Å². The quantitative estimate of drug-likeness (QED) is 0.760. The molecule has 1 aliphatic carbocycles. The average Bonchev–Trinajstić information content (AvgIpc) is 2.17. The molecule has 0 fully saturated rings. The molecule has 1 aliphatic rings. The summed E-state index contributed by atoms with van der Waals surface area (Å²) in [7, 11) is 0. The molecule has 0 spiro atoms. The molecular weight excluding hydrogens is 180 g/mol. The molecule has 1 aromatic heterocycles. The van der Waals surface area contributed by atoms with Crippen LogP contribution in [-0.4, -0.2) is 21.0 Å². The van der Waals surface area contributed by atoms with Crippen LogP contribution < -0.4 is 0 Å². The third kappa shape index (κ3) is 1.89. The summed E-state index contributed by atoms with van der Waals surface area (Å²) in [6.45, 7) is 0. The third-order valence-electron chi connectivity index (χ3n) is 2.65. The summed E-state index contributed by atoms with van der Waals surface area (Å²) in [4.78, 5) is 18.7. The molecule has 14 heavy (non-hydrogen) atoms. The Morgan fingerprint density at radius 2 is 2.50 bits per heavy atom. The Balaban J connectivity index is 2.09. The maximum Gasteiger partial charge on any atom is 0.303 e. The molecular formula is C10H12N2O2. The van der Waals surface area contributed by atoms with E-state index in [1.54, 1.807) is 0 Å². The standard InChI is InChI=1S/C10H12N2O2/c13-10(14)4-7-1-2-8-5-11-6-12-9(8)3-7/h5-7H,1-4H2,(H,13,14). The van der Waals surface area contributed by atoms with Crippen molar-refractivity contribution in [2.45, 2.75) is 25.7 Å². The monoisotopic (exact) mass is 192 g/mol. The predicted octanol–water partition coefficient (Wildman–Crippen LogP) is 1.06. The van der Waals surface area contributed by atoms with Crippen LogP contribution >= 0.6 is 0 Å². The van der Waals surface area contributed by atoms with Gasteiger partial charge in [-0.25, -0.2) is 9.97 Å². The van der Waals surface area contributed by atoms with Gasteiger partial charge in [0.15, 0.2) is 0 Å². The Kier molecular flexibility index (Phi) is 2.43. The summed E-state index contributed by atoms with van der Waals surface area (Å²) in [6.07, 6.45) is 6.25. The number of aliphatic carboxylic acids is 1. The van der Waals surface area contributed by atoms with Crippen molar-refractivity contribution in [3.05, 3.63) is 23.8 Å². The Labute approximate surface area is 82.0 Å². The van der Waals surface area contributed by atoms with Crippen LogP contribution in [0.3, 0.4) is 0 Å². The van der Waals surface area contributed by atoms with Crippen LogP contribution in [0.5, 0.6) is 0 Å². The van der Waals surface area contributed by atoms with Gasteiger partial charge in [0, 0.05) is 18.3 Å². The number of carbonyl (C=O) groups is 1. The van der Waals surface area contributed by atoms with Crippen molar-refractivity contribution in [2.24, 2.45) is 5.92 Å². The first kappa shape index (κ1) is 9.12. The normalized spacial score (nSPS) is 20.1. The van der Waals surface area contributed by atoms with Gasteiger partial charge in [-0.2, -0.15) is 0 Å². The molecule has 1 N–H and O–H groups in total. The van der Waals surface area contributed by atoms with Crippen molar-refractivity contribution in [1.82, 2.24) is 9.97 Å². The Morgan fingerprint density at radius 3 is 3.29 bits per heavy atom. The molecule has 4 heteroatoms. The second kappa shape index (κ2) is 3.74. The fourth-order valence-corrected chi connectivity index (χ4v) is 1.93. The molecule has 74 valence electrons. The minimum Gasteiger partial charge on any atom is -0.481 e. The fraction of sp³-hybridized carbons (Fsp3) is 0.500. The minimum absolute atomic E-state index is 0.245. The smallest absolute Gasteiger partial charge is 0.303 e. The lowest BCUT2D eigenvalue weighted by Gasteiger charge is -2.21. The van der Waals surface area contributed by atoms with Crippen LogP contribution in [0.2, 0.25) is 0 Å². The highest BCUT2D eigenvalue weighted by Crippen LogP contribution is 2.25. The van der Waals surface area contributed by atoms with Gasteiger partial charge in [-0.05, 0) is 30.7 Å². The molecule has 4 nitrogen and oxygen atoms in total. The molecule has 0 bridgehead atoms. The van der Waals surface area contributed by atoms with Gasteiger partial charge in [0.1, 0.15) is 6.33 Å². The van der Waals surface area contributed by atoms with Gasteiger partial charge < -0.3 is 5.11 Å². The SMILES string of the molecule is O=C(O)CC1CCc2cncnc2C1. The molecule has 0 saturated carbocycles. The summed E-state index contributed by atoms with van der Waals surface area (Å²) < 4.78 is 0. The minimum atomic E-state index is -0.715. The van der Waals surface area contributed by atoms with Crippen LogP contribution in [-0.2, 0) is 17.6 Å². The van der Waals surface area contributed by atoms with E-state index in [1.807, 2.05) is 6.20 Å². The molecule has 0 amide bonds. The summed E-state index contributed by atoms with van der Waals surface area (Å²) in [5.74, 6) is -0.470. The lowest BCUT2D eigenvalue weighted by molar-refractivity contribution is -0.138. The first-order valence-corrected chi connectivity index (χ1v) is 4.75. The average molecular weight is 192 g/mol. The number of fused-ring (bicyclic) bond motifs is 1. The van der Waals surface area contributed by atoms with Gasteiger partial charge in [0.05, 0.1) is 0 Å². The highest BCUT2D eigenvalue weighted by Gasteiger charge is 2.21. The van der Waals surface area contributed by atoms with E-state index in [0.29, 0.717) is 0 Å². The van der Waals surface area contributed by atoms with Crippen molar-refractivity contribution in [2.75, 3.05) is 0 Å². The Hall–Kier alpha value is -1.45. The fourth-order valence-electron chi connectivity index (χ4n) is 1.93. The molecule has 0 saturated heterocycles. The predicted molar refractivity (Wildman–Crippen MR) is 49.8 cm³/mol. The van der Waals surface area contributed by atoms with E-state index >= 15 is 0 Å². The van der Waals surface area contributed by atoms with Crippen LogP contribution in [0.1, 0.15) is 24.1 Å². The largest absolute Gasteiger partial charge is 0.481 e. The number of aryl methyl sites for hydroxylation is 1. The lowest BCUT2D eigenvalue weighted by atomic mass is 9.85. The third-order valence-corrected chi connectivity index (χ3v) is 2.65. The van der Waals surface area contributed by atoms with Gasteiger partial charge in [0.2, 0.25) is 0 Å². The highest BCUT2D eigenvalue weighted by molar-refractivity contribution is 5.67. The van der Waals surface area contributed by atoms with Gasteiger partial charge in [-0.15, -0.1) is 0 Å². The van der Waals surface area contributed by atoms with E-state index in [2.05, 4.69) is 9.97 Å². The number of aromatic nitrogens is 2. The van der Waals surface area contributed by atoms with E-state index in [-0.39, 0.29) is 12.3 Å². The molecule has 0 radical (unpaired) electrons. The topological polar surface area (TPSA) is 63.1 Å². The van der Waals surface area contributed by atoms with E-state index in [4.69, 9.17) is 5.11 Å². The van der Waals surface area contributed by atoms with Gasteiger partial charge in [-0.3, -0.25) is 4.79 Å². The van der Waals surface area contributed by atoms with Crippen LogP contribution in [0.4, 0.5) is 0 Å². The number of carboxylic acid groups (broad SMARTS) is 1. The first-order valence-electron chi connectivity index (χ1n) is 4.75. The molecule has 0 aliphatic heterocycles. The maximum atomic E-state index is 10.5. The molecule has 1 heterocycles. The number of hydrogen-bond donors (Lipinski definition) is 1. The molecule has 1 aromatic rings. The molecule has 0 aromatic carbocycles. The summed E-state index contributed by atoms with van der Waals surface area (Å²) in [5.41, 5.74) is 2.20. The summed E-state index contributed by atoms with van der Waals surface area (Å²) >= 11 is 0. The van der Waals surface area contributed by atoms with Crippen LogP contribution in [0.15, 0.2) is 12.5 Å². The number of rotatable bonds is 2. The second-order valence-electron chi connectivity index (χ2n) is 3.70. The van der Waals surface area contributed by atoms with E-state index in [0.717, 1.165) is 25.0 Å². The van der Waals surface area contributed by atoms with Gasteiger partial charge in [-0.1, -0.05) is 0 Å². The van der Waals surface area contributed by atoms with Crippen molar-refractivity contribution >= 4 is 5.97 Å². The lowest BCUT2D eigenvalue weighted by Crippen LogP contribution is -2.18. The van der Waals surface area contributed by atoms with Crippen LogP contribution in [0.25, 0.3) is 0 Å². The van der Waals surface area contributed by atoms with E-state index in [1.165, 1.54) is 11.9 Å². The number of carboxylic acids is 1. The molecule has 2 rings (SSSR count). The van der Waals surface area contributed by atoms with Gasteiger partial charge >= 0.3 is 5.97 Å². The summed E-state index contributed by atoms with van der Waals surface area (Å²) in [5, 5.41) is 8.68. The maximum absolute atomic E-state index is 10.5. The highest BCUT2D eigenvalue weighted by atomic mass is 16.4. The van der Waals surface area contributed by atoms with Crippen molar-refractivity contribution in [3.63, 3.8) is 0 Å². The molecule has 1 atom stereocenters. The van der Waals surface area contributed by atoms with Gasteiger partial charge in [0.25, 0.3) is 0 Å². The zero-order valence-electron chi connectivity index (χ0n) is 7.81. The Bertz CT molecular complexity index is 352. The number of nitrogens with zero attached hydrogens (tertiary/aromatic N) is 2. The number of hydrogen-bond acceptors (Lipinski definition) is 3. The zero-order valence-corrected chi connectivity index (χ0v) is 7.81. The van der Waals surface area contributed by atoms with Crippen LogP contribution in [0, 0.1) is 5.92 Å². The zero-order chi connectivity index (χ0) is 9.97.